The first kappa shape index (κ1) is 19.3. The Kier molecular flexibility index (Phi) is 6.32. The summed E-state index contributed by atoms with van der Waals surface area (Å²) in [6.07, 6.45) is 7.75. The second-order valence-electron chi connectivity index (χ2n) is 7.62. The highest BCUT2D eigenvalue weighted by atomic mass is 15.2. The van der Waals surface area contributed by atoms with Crippen molar-refractivity contribution < 1.29 is 0 Å². The van der Waals surface area contributed by atoms with E-state index in [2.05, 4.69) is 62.8 Å². The number of aromatic nitrogens is 3. The van der Waals surface area contributed by atoms with E-state index in [1.165, 1.54) is 5.56 Å². The Balaban J connectivity index is 1.30. The molecule has 0 bridgehead atoms. The lowest BCUT2D eigenvalue weighted by molar-refractivity contribution is 0.211. The quantitative estimate of drug-likeness (QED) is 0.641. The zero-order chi connectivity index (χ0) is 19.9. The fourth-order valence-corrected chi connectivity index (χ4v) is 3.63. The molecule has 0 radical (unpaired) electrons. The molecule has 0 atom stereocenters. The standard InChI is InChI=1S/C23H28N6/c1-18-14-25-23(26-16-20-8-5-11-24-15-20)28-22(18)27-21-9-12-29(13-10-21)17-19-6-3-2-4-7-19/h2-8,11,14-15,21H,9-10,12-13,16-17H2,1H3,(H2,25,26,27,28). The van der Waals surface area contributed by atoms with Gasteiger partial charge in [-0.2, -0.15) is 4.98 Å². The fraction of sp³-hybridized carbons (Fsp3) is 0.348. The molecule has 6 heteroatoms. The van der Waals surface area contributed by atoms with Crippen LogP contribution in [0.3, 0.4) is 0 Å². The first-order valence-corrected chi connectivity index (χ1v) is 10.3. The number of benzene rings is 1. The molecule has 1 aromatic carbocycles. The molecule has 29 heavy (non-hydrogen) atoms. The van der Waals surface area contributed by atoms with E-state index in [-0.39, 0.29) is 0 Å². The summed E-state index contributed by atoms with van der Waals surface area (Å²) in [4.78, 5) is 15.8. The molecule has 4 rings (SSSR count). The van der Waals surface area contributed by atoms with Crippen LogP contribution in [0.15, 0.2) is 61.1 Å². The first-order chi connectivity index (χ1) is 14.3. The molecule has 1 fully saturated rings. The van der Waals surface area contributed by atoms with Crippen molar-refractivity contribution in [2.75, 3.05) is 23.7 Å². The van der Waals surface area contributed by atoms with Gasteiger partial charge in [0.2, 0.25) is 5.95 Å². The van der Waals surface area contributed by atoms with Crippen molar-refractivity contribution in [3.05, 3.63) is 77.7 Å². The van der Waals surface area contributed by atoms with Gasteiger partial charge in [-0.05, 0) is 37.0 Å². The largest absolute Gasteiger partial charge is 0.367 e. The minimum Gasteiger partial charge on any atom is -0.367 e. The van der Waals surface area contributed by atoms with Crippen molar-refractivity contribution in [2.45, 2.75) is 38.9 Å². The topological polar surface area (TPSA) is 66.0 Å². The fourth-order valence-electron chi connectivity index (χ4n) is 3.63. The molecule has 1 aliphatic rings. The zero-order valence-corrected chi connectivity index (χ0v) is 16.9. The number of anilines is 2. The van der Waals surface area contributed by atoms with Crippen molar-refractivity contribution >= 4 is 11.8 Å². The van der Waals surface area contributed by atoms with Crippen molar-refractivity contribution in [3.63, 3.8) is 0 Å². The molecule has 150 valence electrons. The van der Waals surface area contributed by atoms with E-state index < -0.39 is 0 Å². The Labute approximate surface area is 172 Å². The number of rotatable bonds is 7. The molecule has 1 aliphatic heterocycles. The molecule has 2 N–H and O–H groups in total. The number of nitrogens with one attached hydrogen (secondary N) is 2. The van der Waals surface area contributed by atoms with Crippen molar-refractivity contribution in [2.24, 2.45) is 0 Å². The van der Waals surface area contributed by atoms with Gasteiger partial charge in [0.05, 0.1) is 0 Å². The lowest BCUT2D eigenvalue weighted by Gasteiger charge is -2.32. The molecule has 3 heterocycles. The van der Waals surface area contributed by atoms with Gasteiger partial charge in [0.25, 0.3) is 0 Å². The van der Waals surface area contributed by atoms with Gasteiger partial charge in [-0.25, -0.2) is 4.98 Å². The molecule has 2 aromatic heterocycles. The SMILES string of the molecule is Cc1cnc(NCc2cccnc2)nc1NC1CCN(Cc2ccccc2)CC1. The number of nitrogens with zero attached hydrogens (tertiary/aromatic N) is 4. The summed E-state index contributed by atoms with van der Waals surface area (Å²) >= 11 is 0. The highest BCUT2D eigenvalue weighted by Gasteiger charge is 2.20. The van der Waals surface area contributed by atoms with E-state index in [1.807, 2.05) is 24.5 Å². The zero-order valence-electron chi connectivity index (χ0n) is 16.9. The van der Waals surface area contributed by atoms with E-state index in [0.717, 1.165) is 49.4 Å². The Morgan fingerprint density at radius 2 is 1.79 bits per heavy atom. The maximum Gasteiger partial charge on any atom is 0.224 e. The van der Waals surface area contributed by atoms with Crippen LogP contribution in [0.2, 0.25) is 0 Å². The third-order valence-electron chi connectivity index (χ3n) is 5.32. The maximum absolute atomic E-state index is 4.70. The summed E-state index contributed by atoms with van der Waals surface area (Å²) in [6.45, 7) is 5.94. The summed E-state index contributed by atoms with van der Waals surface area (Å²) in [6, 6.07) is 15.1. The molecule has 3 aromatic rings. The second-order valence-corrected chi connectivity index (χ2v) is 7.62. The number of pyridine rings is 1. The maximum atomic E-state index is 4.70. The number of hydrogen-bond acceptors (Lipinski definition) is 6. The molecule has 0 saturated carbocycles. The van der Waals surface area contributed by atoms with E-state index in [4.69, 9.17) is 4.98 Å². The Morgan fingerprint density at radius 1 is 1.00 bits per heavy atom. The number of likely N-dealkylation sites (tertiary alicyclic amines) is 1. The lowest BCUT2D eigenvalue weighted by Crippen LogP contribution is -2.39. The number of piperidine rings is 1. The smallest absolute Gasteiger partial charge is 0.224 e. The molecule has 1 saturated heterocycles. The summed E-state index contributed by atoms with van der Waals surface area (Å²) in [5.41, 5.74) is 3.57. The van der Waals surface area contributed by atoms with Crippen LogP contribution in [0.1, 0.15) is 29.5 Å². The monoisotopic (exact) mass is 388 g/mol. The molecular weight excluding hydrogens is 360 g/mol. The average Bonchev–Trinajstić information content (AvgIpc) is 2.77. The van der Waals surface area contributed by atoms with E-state index >= 15 is 0 Å². The highest BCUT2D eigenvalue weighted by molar-refractivity contribution is 5.47. The first-order valence-electron chi connectivity index (χ1n) is 10.3. The van der Waals surface area contributed by atoms with Gasteiger partial charge in [0.15, 0.2) is 0 Å². The van der Waals surface area contributed by atoms with E-state index in [9.17, 15) is 0 Å². The Hall–Kier alpha value is -2.99. The molecule has 0 unspecified atom stereocenters. The van der Waals surface area contributed by atoms with E-state index in [1.54, 1.807) is 6.20 Å². The Morgan fingerprint density at radius 3 is 2.55 bits per heavy atom. The minimum absolute atomic E-state index is 0.446. The normalized spacial score (nSPS) is 15.2. The van der Waals surface area contributed by atoms with Gasteiger partial charge < -0.3 is 10.6 Å². The van der Waals surface area contributed by atoms with Crippen LogP contribution in [0, 0.1) is 6.92 Å². The van der Waals surface area contributed by atoms with Crippen LogP contribution in [-0.4, -0.2) is 39.0 Å². The number of aryl methyl sites for hydroxylation is 1. The average molecular weight is 389 g/mol. The van der Waals surface area contributed by atoms with Gasteiger partial charge >= 0.3 is 0 Å². The van der Waals surface area contributed by atoms with Crippen molar-refractivity contribution in [3.8, 4) is 0 Å². The van der Waals surface area contributed by atoms with Gasteiger partial charge in [-0.3, -0.25) is 9.88 Å². The van der Waals surface area contributed by atoms with Crippen molar-refractivity contribution in [1.29, 1.82) is 0 Å². The molecule has 0 spiro atoms. The van der Waals surface area contributed by atoms with Gasteiger partial charge in [-0.1, -0.05) is 36.4 Å². The van der Waals surface area contributed by atoms with Gasteiger partial charge in [0.1, 0.15) is 5.82 Å². The highest BCUT2D eigenvalue weighted by Crippen LogP contribution is 2.20. The third-order valence-corrected chi connectivity index (χ3v) is 5.32. The van der Waals surface area contributed by atoms with Crippen LogP contribution in [0.4, 0.5) is 11.8 Å². The van der Waals surface area contributed by atoms with Crippen LogP contribution >= 0.6 is 0 Å². The van der Waals surface area contributed by atoms with Crippen LogP contribution in [0.25, 0.3) is 0 Å². The summed E-state index contributed by atoms with van der Waals surface area (Å²) < 4.78 is 0. The molecule has 6 nitrogen and oxygen atoms in total. The predicted octanol–water partition coefficient (Wildman–Crippen LogP) is 3.87. The van der Waals surface area contributed by atoms with Gasteiger partial charge in [-0.15, -0.1) is 0 Å². The van der Waals surface area contributed by atoms with Crippen LogP contribution < -0.4 is 10.6 Å². The van der Waals surface area contributed by atoms with E-state index in [0.29, 0.717) is 18.5 Å². The molecular formula is C23H28N6. The lowest BCUT2D eigenvalue weighted by atomic mass is 10.0. The molecule has 0 aliphatic carbocycles. The third kappa shape index (κ3) is 5.51. The van der Waals surface area contributed by atoms with Crippen LogP contribution in [-0.2, 0) is 13.1 Å². The van der Waals surface area contributed by atoms with Crippen LogP contribution in [0.5, 0.6) is 0 Å². The predicted molar refractivity (Wildman–Crippen MR) is 117 cm³/mol. The summed E-state index contributed by atoms with van der Waals surface area (Å²) in [5, 5.41) is 6.93. The summed E-state index contributed by atoms with van der Waals surface area (Å²) in [7, 11) is 0. The second kappa shape index (κ2) is 9.47. The van der Waals surface area contributed by atoms with Crippen molar-refractivity contribution in [1.82, 2.24) is 19.9 Å². The van der Waals surface area contributed by atoms with Gasteiger partial charge in [0, 0.05) is 56.4 Å². The molecule has 0 amide bonds. The minimum atomic E-state index is 0.446. The number of hydrogen-bond donors (Lipinski definition) is 2. The summed E-state index contributed by atoms with van der Waals surface area (Å²) in [5.74, 6) is 1.57. The Bertz CT molecular complexity index is 892.